The molecule has 0 aromatic carbocycles. The summed E-state index contributed by atoms with van der Waals surface area (Å²) in [4.78, 5) is 0. The van der Waals surface area contributed by atoms with E-state index in [0.29, 0.717) is 0 Å². The third kappa shape index (κ3) is 3.79. The molecule has 0 heterocycles. The van der Waals surface area contributed by atoms with Crippen LogP contribution in [0.25, 0.3) is 0 Å². The summed E-state index contributed by atoms with van der Waals surface area (Å²) in [6, 6.07) is 0. The molecule has 0 radical (unpaired) electrons. The molecule has 0 spiro atoms. The van der Waals surface area contributed by atoms with Gasteiger partial charge < -0.3 is 0 Å². The molecule has 1 aliphatic carbocycles. The second-order valence-electron chi connectivity index (χ2n) is 6.07. The third-order valence-corrected chi connectivity index (χ3v) is 4.88. The minimum absolute atomic E-state index is 0.958. The lowest BCUT2D eigenvalue weighted by atomic mass is 9.66. The largest absolute Gasteiger partial charge is 0.0654 e. The van der Waals surface area contributed by atoms with Crippen molar-refractivity contribution in [3.8, 4) is 0 Å². The topological polar surface area (TPSA) is 0 Å². The molecule has 0 saturated heterocycles. The number of hydrogen-bond donors (Lipinski definition) is 0. The molecule has 96 valence electrons. The van der Waals surface area contributed by atoms with Crippen molar-refractivity contribution in [3.63, 3.8) is 0 Å². The van der Waals surface area contributed by atoms with Crippen LogP contribution in [0.2, 0.25) is 0 Å². The molecule has 0 aromatic rings. The highest BCUT2D eigenvalue weighted by Crippen LogP contribution is 2.42. The summed E-state index contributed by atoms with van der Waals surface area (Å²) in [5.74, 6) is 4.10. The van der Waals surface area contributed by atoms with E-state index in [4.69, 9.17) is 0 Å². The summed E-state index contributed by atoms with van der Waals surface area (Å²) in [5, 5.41) is 0. The van der Waals surface area contributed by atoms with Crippen LogP contribution < -0.4 is 0 Å². The van der Waals surface area contributed by atoms with E-state index in [9.17, 15) is 0 Å². The van der Waals surface area contributed by atoms with Crippen LogP contribution in [0.15, 0.2) is 0 Å². The van der Waals surface area contributed by atoms with Crippen molar-refractivity contribution < 1.29 is 0 Å². The second kappa shape index (κ2) is 7.35. The van der Waals surface area contributed by atoms with E-state index in [1.165, 1.54) is 51.4 Å². The van der Waals surface area contributed by atoms with E-state index in [-0.39, 0.29) is 0 Å². The summed E-state index contributed by atoms with van der Waals surface area (Å²) in [6.07, 6.45) is 11.7. The quantitative estimate of drug-likeness (QED) is 0.545. The maximum absolute atomic E-state index is 2.48. The molecular weight excluding hydrogens is 192 g/mol. The van der Waals surface area contributed by atoms with Gasteiger partial charge in [0.1, 0.15) is 0 Å². The molecule has 4 unspecified atom stereocenters. The van der Waals surface area contributed by atoms with Crippen LogP contribution in [0, 0.1) is 23.7 Å². The van der Waals surface area contributed by atoms with Gasteiger partial charge in [0.25, 0.3) is 0 Å². The van der Waals surface area contributed by atoms with Crippen LogP contribution in [-0.2, 0) is 0 Å². The first-order valence-electron chi connectivity index (χ1n) is 7.72. The number of rotatable bonds is 6. The van der Waals surface area contributed by atoms with Crippen LogP contribution in [-0.4, -0.2) is 0 Å². The van der Waals surface area contributed by atoms with Crippen molar-refractivity contribution in [1.29, 1.82) is 0 Å². The molecular formula is C16H32. The summed E-state index contributed by atoms with van der Waals surface area (Å²) < 4.78 is 0. The van der Waals surface area contributed by atoms with Gasteiger partial charge in [-0.25, -0.2) is 0 Å². The van der Waals surface area contributed by atoms with Crippen molar-refractivity contribution in [2.24, 2.45) is 23.7 Å². The summed E-state index contributed by atoms with van der Waals surface area (Å²) in [6.45, 7) is 9.55. The Kier molecular flexibility index (Phi) is 6.46. The molecule has 4 atom stereocenters. The van der Waals surface area contributed by atoms with Gasteiger partial charge in [-0.2, -0.15) is 0 Å². The van der Waals surface area contributed by atoms with Gasteiger partial charge in [-0.3, -0.25) is 0 Å². The van der Waals surface area contributed by atoms with Gasteiger partial charge in [0.15, 0.2) is 0 Å². The summed E-state index contributed by atoms with van der Waals surface area (Å²) >= 11 is 0. The molecule has 0 heteroatoms. The van der Waals surface area contributed by atoms with Crippen molar-refractivity contribution in [1.82, 2.24) is 0 Å². The lowest BCUT2D eigenvalue weighted by Crippen LogP contribution is -2.29. The maximum Gasteiger partial charge on any atom is -0.0360 e. The normalized spacial score (nSPS) is 32.6. The van der Waals surface area contributed by atoms with E-state index < -0.39 is 0 Å². The van der Waals surface area contributed by atoms with Crippen LogP contribution in [0.4, 0.5) is 0 Å². The first-order valence-corrected chi connectivity index (χ1v) is 7.72. The molecule has 16 heavy (non-hydrogen) atoms. The second-order valence-corrected chi connectivity index (χ2v) is 6.07. The van der Waals surface area contributed by atoms with Gasteiger partial charge in [-0.1, -0.05) is 66.2 Å². The standard InChI is InChI=1S/C16H32/c1-5-8-14-10-11-16(13(4)7-3)15(12-14)9-6-2/h13-16H,5-12H2,1-4H3. The van der Waals surface area contributed by atoms with Crippen molar-refractivity contribution in [3.05, 3.63) is 0 Å². The third-order valence-electron chi connectivity index (χ3n) is 4.88. The highest BCUT2D eigenvalue weighted by molar-refractivity contribution is 4.82. The Labute approximate surface area is 103 Å². The van der Waals surface area contributed by atoms with Gasteiger partial charge in [0.05, 0.1) is 0 Å². The lowest BCUT2D eigenvalue weighted by molar-refractivity contribution is 0.115. The summed E-state index contributed by atoms with van der Waals surface area (Å²) in [7, 11) is 0. The maximum atomic E-state index is 2.48. The summed E-state index contributed by atoms with van der Waals surface area (Å²) in [5.41, 5.74) is 0. The van der Waals surface area contributed by atoms with Crippen LogP contribution >= 0.6 is 0 Å². The molecule has 0 N–H and O–H groups in total. The van der Waals surface area contributed by atoms with E-state index in [1.807, 2.05) is 0 Å². The Balaban J connectivity index is 2.52. The predicted octanol–water partition coefficient (Wildman–Crippen LogP) is 5.67. The van der Waals surface area contributed by atoms with Gasteiger partial charge >= 0.3 is 0 Å². The SMILES string of the molecule is CCCC1CCC(C(C)CC)C(CCC)C1. The molecule has 0 bridgehead atoms. The van der Waals surface area contributed by atoms with E-state index in [1.54, 1.807) is 0 Å². The average Bonchev–Trinajstić information content (AvgIpc) is 2.29. The molecule has 0 amide bonds. The molecule has 0 aromatic heterocycles. The van der Waals surface area contributed by atoms with Crippen molar-refractivity contribution in [2.75, 3.05) is 0 Å². The molecule has 1 fully saturated rings. The van der Waals surface area contributed by atoms with Crippen molar-refractivity contribution in [2.45, 2.75) is 79.1 Å². The molecule has 0 nitrogen and oxygen atoms in total. The van der Waals surface area contributed by atoms with Crippen LogP contribution in [0.1, 0.15) is 79.1 Å². The van der Waals surface area contributed by atoms with Gasteiger partial charge in [-0.15, -0.1) is 0 Å². The van der Waals surface area contributed by atoms with Crippen LogP contribution in [0.3, 0.4) is 0 Å². The Bertz CT molecular complexity index is 173. The minimum Gasteiger partial charge on any atom is -0.0654 e. The van der Waals surface area contributed by atoms with E-state index >= 15 is 0 Å². The smallest absolute Gasteiger partial charge is 0.0360 e. The fraction of sp³-hybridized carbons (Fsp3) is 1.00. The highest BCUT2D eigenvalue weighted by atomic mass is 14.4. The first-order chi connectivity index (χ1) is 7.72. The fourth-order valence-electron chi connectivity index (χ4n) is 3.81. The molecule has 1 rings (SSSR count). The Morgan fingerprint density at radius 3 is 2.25 bits per heavy atom. The van der Waals surface area contributed by atoms with E-state index in [2.05, 4.69) is 27.7 Å². The van der Waals surface area contributed by atoms with Gasteiger partial charge in [-0.05, 0) is 36.5 Å². The zero-order valence-corrected chi connectivity index (χ0v) is 12.0. The van der Waals surface area contributed by atoms with Crippen LogP contribution in [0.5, 0.6) is 0 Å². The zero-order chi connectivity index (χ0) is 12.0. The predicted molar refractivity (Wildman–Crippen MR) is 73.6 cm³/mol. The Morgan fingerprint density at radius 2 is 1.69 bits per heavy atom. The number of hydrogen-bond acceptors (Lipinski definition) is 0. The van der Waals surface area contributed by atoms with Crippen molar-refractivity contribution >= 4 is 0 Å². The average molecular weight is 224 g/mol. The highest BCUT2D eigenvalue weighted by Gasteiger charge is 2.31. The monoisotopic (exact) mass is 224 g/mol. The van der Waals surface area contributed by atoms with Gasteiger partial charge in [0.2, 0.25) is 0 Å². The Hall–Kier alpha value is 0. The zero-order valence-electron chi connectivity index (χ0n) is 12.0. The van der Waals surface area contributed by atoms with Gasteiger partial charge in [0, 0.05) is 0 Å². The van der Waals surface area contributed by atoms with E-state index in [0.717, 1.165) is 23.7 Å². The Morgan fingerprint density at radius 1 is 1.00 bits per heavy atom. The molecule has 0 aliphatic heterocycles. The molecule has 1 saturated carbocycles. The first kappa shape index (κ1) is 14.1. The molecule has 1 aliphatic rings. The fourth-order valence-corrected chi connectivity index (χ4v) is 3.81. The minimum atomic E-state index is 0.958. The lowest BCUT2D eigenvalue weighted by Gasteiger charge is -2.39.